The Morgan fingerprint density at radius 3 is 2.23 bits per heavy atom. The fourth-order valence-electron chi connectivity index (χ4n) is 3.32. The molecule has 2 rings (SSSR count). The summed E-state index contributed by atoms with van der Waals surface area (Å²) in [4.78, 5) is 0. The second-order valence-corrected chi connectivity index (χ2v) is 7.95. The number of allylic oxidation sites excluding steroid dienone is 2. The topological polar surface area (TPSA) is 49.7 Å². The van der Waals surface area contributed by atoms with Crippen molar-refractivity contribution in [1.82, 2.24) is 0 Å². The van der Waals surface area contributed by atoms with Crippen LogP contribution in [0.4, 0.5) is 0 Å². The summed E-state index contributed by atoms with van der Waals surface area (Å²) in [6.07, 6.45) is 12.2. The lowest BCUT2D eigenvalue weighted by Crippen LogP contribution is -2.47. The van der Waals surface area contributed by atoms with Crippen molar-refractivity contribution in [2.24, 2.45) is 11.8 Å². The third-order valence-corrected chi connectivity index (χ3v) is 5.16. The van der Waals surface area contributed by atoms with Crippen LogP contribution in [0.25, 0.3) is 0 Å². The maximum Gasteiger partial charge on any atom is 0.494 e. The van der Waals surface area contributed by atoms with Gasteiger partial charge in [0.15, 0.2) is 0 Å². The van der Waals surface area contributed by atoms with Crippen LogP contribution in [0, 0.1) is 11.8 Å². The summed E-state index contributed by atoms with van der Waals surface area (Å²) in [6, 6.07) is 10.2. The molecule has 0 saturated heterocycles. The minimum absolute atomic E-state index is 0.140. The highest BCUT2D eigenvalue weighted by Gasteiger charge is 2.40. The van der Waals surface area contributed by atoms with Crippen molar-refractivity contribution in [2.45, 2.75) is 57.9 Å². The van der Waals surface area contributed by atoms with Crippen LogP contribution in [0.5, 0.6) is 0 Å². The summed E-state index contributed by atoms with van der Waals surface area (Å²) in [7, 11) is -1.57. The van der Waals surface area contributed by atoms with Crippen molar-refractivity contribution >= 4 is 7.12 Å². The van der Waals surface area contributed by atoms with E-state index in [1.807, 2.05) is 30.4 Å². The van der Waals surface area contributed by atoms with Crippen LogP contribution >= 0.6 is 0 Å². The van der Waals surface area contributed by atoms with Gasteiger partial charge in [-0.25, -0.2) is 0 Å². The first-order valence-electron chi connectivity index (χ1n) is 9.86. The summed E-state index contributed by atoms with van der Waals surface area (Å²) in [5.74, 6) is 1.47. The Kier molecular flexibility index (Phi) is 8.14. The molecule has 0 bridgehead atoms. The summed E-state index contributed by atoms with van der Waals surface area (Å²) in [6.45, 7) is 7.27. The van der Waals surface area contributed by atoms with Gasteiger partial charge in [0.2, 0.25) is 0 Å². The monoisotopic (exact) mass is 356 g/mol. The number of hydrogen-bond donors (Lipinski definition) is 2. The summed E-state index contributed by atoms with van der Waals surface area (Å²) < 4.78 is 5.94. The van der Waals surface area contributed by atoms with Crippen molar-refractivity contribution in [3.8, 4) is 0 Å². The van der Waals surface area contributed by atoms with Crippen LogP contribution in [0.15, 0.2) is 54.6 Å². The molecule has 1 atom stereocenters. The Hall–Kier alpha value is -1.36. The minimum Gasteiger partial charge on any atom is -0.425 e. The molecule has 0 aliphatic heterocycles. The number of ether oxygens (including phenoxy) is 1. The van der Waals surface area contributed by atoms with E-state index >= 15 is 0 Å². The normalized spacial score (nSPS) is 23.4. The SMILES string of the molecule is CC(C)CCCC(C)CCOC1(B(O)O)C=CC(c2ccccc2)C=C1. The zero-order valence-electron chi connectivity index (χ0n) is 16.3. The molecule has 26 heavy (non-hydrogen) atoms. The number of rotatable bonds is 10. The molecule has 0 spiro atoms. The van der Waals surface area contributed by atoms with Crippen LogP contribution in [0.3, 0.4) is 0 Å². The second-order valence-electron chi connectivity index (χ2n) is 7.95. The minimum atomic E-state index is -1.57. The van der Waals surface area contributed by atoms with Crippen molar-refractivity contribution in [3.63, 3.8) is 0 Å². The molecule has 0 saturated carbocycles. The van der Waals surface area contributed by atoms with Gasteiger partial charge in [-0.05, 0) is 23.8 Å². The van der Waals surface area contributed by atoms with E-state index in [9.17, 15) is 10.0 Å². The van der Waals surface area contributed by atoms with E-state index in [1.54, 1.807) is 12.2 Å². The lowest BCUT2D eigenvalue weighted by Gasteiger charge is -2.31. The average Bonchev–Trinajstić information content (AvgIpc) is 2.62. The molecule has 1 aliphatic rings. The molecule has 3 nitrogen and oxygen atoms in total. The van der Waals surface area contributed by atoms with E-state index in [4.69, 9.17) is 4.74 Å². The number of benzene rings is 1. The Balaban J connectivity index is 1.86. The van der Waals surface area contributed by atoms with Crippen molar-refractivity contribution in [1.29, 1.82) is 0 Å². The number of hydrogen-bond acceptors (Lipinski definition) is 3. The Bertz CT molecular complexity index is 566. The Morgan fingerprint density at radius 2 is 1.65 bits per heavy atom. The van der Waals surface area contributed by atoms with Gasteiger partial charge in [0.1, 0.15) is 5.50 Å². The van der Waals surface area contributed by atoms with Crippen LogP contribution in [0.1, 0.15) is 57.9 Å². The molecule has 0 radical (unpaired) electrons. The van der Waals surface area contributed by atoms with E-state index in [1.165, 1.54) is 24.8 Å². The summed E-state index contributed by atoms with van der Waals surface area (Å²) in [5.41, 5.74) is 0.0444. The quantitative estimate of drug-likeness (QED) is 0.479. The Morgan fingerprint density at radius 1 is 1.00 bits per heavy atom. The molecule has 0 aromatic heterocycles. The van der Waals surface area contributed by atoms with Crippen molar-refractivity contribution in [2.75, 3.05) is 6.61 Å². The van der Waals surface area contributed by atoms with E-state index in [0.717, 1.165) is 12.3 Å². The van der Waals surface area contributed by atoms with Gasteiger partial charge in [0.05, 0.1) is 0 Å². The molecule has 1 unspecified atom stereocenters. The van der Waals surface area contributed by atoms with Gasteiger partial charge in [-0.2, -0.15) is 0 Å². The van der Waals surface area contributed by atoms with Gasteiger partial charge in [-0.3, -0.25) is 0 Å². The van der Waals surface area contributed by atoms with E-state index in [2.05, 4.69) is 32.9 Å². The fraction of sp³-hybridized carbons (Fsp3) is 0.545. The van der Waals surface area contributed by atoms with Crippen molar-refractivity contribution in [3.05, 3.63) is 60.2 Å². The fourth-order valence-corrected chi connectivity index (χ4v) is 3.32. The standard InChI is InChI=1S/C22H33BO3/c1-18(2)8-7-9-19(3)14-17-26-22(23(24)25)15-12-21(13-16-22)20-10-5-4-6-11-20/h4-6,10-13,15-16,18-19,21,24-25H,7-9,14,17H2,1-3H3. The molecule has 1 aliphatic carbocycles. The van der Waals surface area contributed by atoms with E-state index in [-0.39, 0.29) is 5.92 Å². The van der Waals surface area contributed by atoms with Gasteiger partial charge in [-0.1, -0.05) is 94.7 Å². The van der Waals surface area contributed by atoms with Gasteiger partial charge >= 0.3 is 7.12 Å². The maximum atomic E-state index is 9.88. The molecule has 4 heteroatoms. The second kappa shape index (κ2) is 10.1. The van der Waals surface area contributed by atoms with Gasteiger partial charge < -0.3 is 14.8 Å². The molecule has 0 amide bonds. The zero-order chi connectivity index (χ0) is 19.0. The highest BCUT2D eigenvalue weighted by Crippen LogP contribution is 2.30. The van der Waals surface area contributed by atoms with Crippen LogP contribution in [0.2, 0.25) is 0 Å². The van der Waals surface area contributed by atoms with Crippen molar-refractivity contribution < 1.29 is 14.8 Å². The van der Waals surface area contributed by atoms with Crippen LogP contribution in [-0.4, -0.2) is 29.3 Å². The lowest BCUT2D eigenvalue weighted by atomic mass is 9.65. The Labute approximate surface area is 158 Å². The predicted octanol–water partition coefficient (Wildman–Crippen LogP) is 4.52. The first-order chi connectivity index (χ1) is 12.4. The highest BCUT2D eigenvalue weighted by atomic mass is 16.5. The summed E-state index contributed by atoms with van der Waals surface area (Å²) >= 11 is 0. The van der Waals surface area contributed by atoms with E-state index < -0.39 is 12.6 Å². The first-order valence-corrected chi connectivity index (χ1v) is 9.86. The third-order valence-electron chi connectivity index (χ3n) is 5.16. The maximum absolute atomic E-state index is 9.88. The highest BCUT2D eigenvalue weighted by molar-refractivity contribution is 6.47. The van der Waals surface area contributed by atoms with Gasteiger partial charge in [0, 0.05) is 12.5 Å². The van der Waals surface area contributed by atoms with Gasteiger partial charge in [-0.15, -0.1) is 0 Å². The van der Waals surface area contributed by atoms with Crippen LogP contribution in [-0.2, 0) is 4.74 Å². The van der Waals surface area contributed by atoms with E-state index in [0.29, 0.717) is 12.5 Å². The van der Waals surface area contributed by atoms with Crippen LogP contribution < -0.4 is 0 Å². The molecule has 142 valence electrons. The molecule has 1 aromatic carbocycles. The lowest BCUT2D eigenvalue weighted by molar-refractivity contribution is 0.0481. The smallest absolute Gasteiger partial charge is 0.425 e. The molecular formula is C22H33BO3. The van der Waals surface area contributed by atoms with Gasteiger partial charge in [0.25, 0.3) is 0 Å². The zero-order valence-corrected chi connectivity index (χ0v) is 16.3. The third kappa shape index (κ3) is 6.12. The molecule has 2 N–H and O–H groups in total. The average molecular weight is 356 g/mol. The molecule has 1 aromatic rings. The molecular weight excluding hydrogens is 323 g/mol. The molecule has 0 heterocycles. The predicted molar refractivity (Wildman–Crippen MR) is 109 cm³/mol. The summed E-state index contributed by atoms with van der Waals surface area (Å²) in [5, 5.41) is 19.8. The largest absolute Gasteiger partial charge is 0.494 e. The molecule has 0 fully saturated rings. The first kappa shape index (κ1) is 21.0.